The van der Waals surface area contributed by atoms with E-state index in [4.69, 9.17) is 10.5 Å². The second-order valence-electron chi connectivity index (χ2n) is 9.22. The third kappa shape index (κ3) is 5.19. The summed E-state index contributed by atoms with van der Waals surface area (Å²) in [7, 11) is 0. The molecule has 1 aromatic heterocycles. The number of carbonyl (C=O) groups excluding carboxylic acids is 2. The zero-order valence-corrected chi connectivity index (χ0v) is 19.0. The smallest absolute Gasteiger partial charge is 0.410 e. The summed E-state index contributed by atoms with van der Waals surface area (Å²) in [6.45, 7) is 8.31. The van der Waals surface area contributed by atoms with Crippen LogP contribution in [-0.2, 0) is 10.3 Å². The molecule has 1 aliphatic heterocycles. The van der Waals surface area contributed by atoms with Crippen molar-refractivity contribution in [1.29, 1.82) is 5.26 Å². The molecule has 0 aliphatic carbocycles. The third-order valence-corrected chi connectivity index (χ3v) is 5.53. The van der Waals surface area contributed by atoms with E-state index in [0.29, 0.717) is 31.7 Å². The number of nitrogens with zero attached hydrogens (tertiary/aromatic N) is 4. The first kappa shape index (κ1) is 23.1. The predicted molar refractivity (Wildman–Crippen MR) is 120 cm³/mol. The number of nitriles is 1. The lowest BCUT2D eigenvalue weighted by Gasteiger charge is -2.40. The molecule has 0 bridgehead atoms. The van der Waals surface area contributed by atoms with Gasteiger partial charge < -0.3 is 20.7 Å². The van der Waals surface area contributed by atoms with Crippen molar-refractivity contribution in [1.82, 2.24) is 14.7 Å². The van der Waals surface area contributed by atoms with Gasteiger partial charge in [-0.25, -0.2) is 4.79 Å². The lowest BCUT2D eigenvalue weighted by Crippen LogP contribution is -2.49. The summed E-state index contributed by atoms with van der Waals surface area (Å²) in [5.41, 5.74) is 6.52. The highest BCUT2D eigenvalue weighted by molar-refractivity contribution is 5.98. The fourth-order valence-electron chi connectivity index (χ4n) is 3.73. The Hall–Kier alpha value is -3.54. The molecule has 0 atom stereocenters. The molecule has 32 heavy (non-hydrogen) atoms. The number of hydrogen-bond donors (Lipinski definition) is 2. The first-order chi connectivity index (χ1) is 15.0. The number of amides is 2. The van der Waals surface area contributed by atoms with Crippen molar-refractivity contribution in [3.05, 3.63) is 41.6 Å². The van der Waals surface area contributed by atoms with Gasteiger partial charge in [0.1, 0.15) is 11.2 Å². The SMILES string of the molecule is Cc1ccc(Nc2nn(C3(CC#N)CCN(C(=O)OC(C)(C)C)CC3)cc2C(N)=O)cc1. The van der Waals surface area contributed by atoms with Crippen LogP contribution in [0, 0.1) is 18.3 Å². The van der Waals surface area contributed by atoms with Crippen molar-refractivity contribution in [3.63, 3.8) is 0 Å². The Labute approximate surface area is 188 Å². The largest absolute Gasteiger partial charge is 0.444 e. The molecule has 2 heterocycles. The molecule has 1 saturated heterocycles. The average molecular weight is 439 g/mol. The zero-order chi connectivity index (χ0) is 23.5. The highest BCUT2D eigenvalue weighted by Gasteiger charge is 2.40. The second-order valence-corrected chi connectivity index (χ2v) is 9.22. The van der Waals surface area contributed by atoms with Crippen LogP contribution in [0.5, 0.6) is 0 Å². The normalized spacial score (nSPS) is 15.7. The van der Waals surface area contributed by atoms with Gasteiger partial charge in [-0.15, -0.1) is 0 Å². The van der Waals surface area contributed by atoms with Crippen LogP contribution in [0.4, 0.5) is 16.3 Å². The maximum atomic E-state index is 12.4. The summed E-state index contributed by atoms with van der Waals surface area (Å²) in [6.07, 6.45) is 2.43. The molecule has 0 spiro atoms. The maximum Gasteiger partial charge on any atom is 0.410 e. The van der Waals surface area contributed by atoms with Gasteiger partial charge in [0.25, 0.3) is 5.91 Å². The summed E-state index contributed by atoms with van der Waals surface area (Å²) in [5.74, 6) is -0.266. The Balaban J connectivity index is 1.85. The monoisotopic (exact) mass is 438 g/mol. The van der Waals surface area contributed by atoms with Crippen LogP contribution in [-0.4, -0.2) is 45.4 Å². The van der Waals surface area contributed by atoms with Crippen molar-refractivity contribution in [2.24, 2.45) is 5.73 Å². The van der Waals surface area contributed by atoms with Gasteiger partial charge in [-0.2, -0.15) is 10.4 Å². The number of primary amides is 1. The molecule has 0 radical (unpaired) electrons. The van der Waals surface area contributed by atoms with Gasteiger partial charge in [0.05, 0.1) is 18.0 Å². The van der Waals surface area contributed by atoms with Crippen LogP contribution in [0.15, 0.2) is 30.5 Å². The molecule has 2 aromatic rings. The summed E-state index contributed by atoms with van der Waals surface area (Å²) in [6, 6.07) is 9.93. The fraction of sp³-hybridized carbons (Fsp3) is 0.478. The van der Waals surface area contributed by atoms with E-state index in [-0.39, 0.29) is 18.1 Å². The molecule has 2 amide bonds. The molecule has 1 aliphatic rings. The van der Waals surface area contributed by atoms with Crippen molar-refractivity contribution < 1.29 is 14.3 Å². The van der Waals surface area contributed by atoms with Crippen LogP contribution in [0.1, 0.15) is 56.0 Å². The molecule has 0 unspecified atom stereocenters. The van der Waals surface area contributed by atoms with Crippen molar-refractivity contribution >= 4 is 23.5 Å². The van der Waals surface area contributed by atoms with Gasteiger partial charge in [-0.3, -0.25) is 9.48 Å². The molecule has 9 nitrogen and oxygen atoms in total. The maximum absolute atomic E-state index is 12.4. The molecule has 1 aromatic carbocycles. The number of piperidine rings is 1. The number of carbonyl (C=O) groups is 2. The van der Waals surface area contributed by atoms with Gasteiger partial charge in [0, 0.05) is 25.0 Å². The fourth-order valence-corrected chi connectivity index (χ4v) is 3.73. The minimum Gasteiger partial charge on any atom is -0.444 e. The lowest BCUT2D eigenvalue weighted by atomic mass is 9.85. The number of aryl methyl sites for hydroxylation is 1. The van der Waals surface area contributed by atoms with Gasteiger partial charge in [-0.05, 0) is 52.7 Å². The molecule has 170 valence electrons. The van der Waals surface area contributed by atoms with E-state index in [0.717, 1.165) is 11.3 Å². The number of anilines is 2. The van der Waals surface area contributed by atoms with E-state index in [1.807, 2.05) is 52.0 Å². The second kappa shape index (κ2) is 8.91. The van der Waals surface area contributed by atoms with Crippen LogP contribution in [0.3, 0.4) is 0 Å². The van der Waals surface area contributed by atoms with Crippen molar-refractivity contribution in [3.8, 4) is 6.07 Å². The first-order valence-corrected chi connectivity index (χ1v) is 10.6. The van der Waals surface area contributed by atoms with Crippen LogP contribution < -0.4 is 11.1 Å². The standard InChI is InChI=1S/C23H30N6O3/c1-16-5-7-17(8-6-16)26-20-18(19(25)30)15-29(27-20)23(9-12-24)10-13-28(14-11-23)21(31)32-22(2,3)4/h5-8,15H,9-11,13-14H2,1-4H3,(H2,25,30)(H,26,27). The Morgan fingerprint density at radius 1 is 1.25 bits per heavy atom. The molecule has 3 N–H and O–H groups in total. The summed E-state index contributed by atoms with van der Waals surface area (Å²) >= 11 is 0. The Morgan fingerprint density at radius 3 is 2.41 bits per heavy atom. The number of ether oxygens (including phenoxy) is 1. The predicted octanol–water partition coefficient (Wildman–Crippen LogP) is 3.67. The van der Waals surface area contributed by atoms with Gasteiger partial charge >= 0.3 is 6.09 Å². The summed E-state index contributed by atoms with van der Waals surface area (Å²) in [4.78, 5) is 26.2. The van der Waals surface area contributed by atoms with Crippen LogP contribution >= 0.6 is 0 Å². The Kier molecular flexibility index (Phi) is 6.44. The van der Waals surface area contributed by atoms with Crippen molar-refractivity contribution in [2.45, 2.75) is 58.1 Å². The number of rotatable bonds is 5. The number of benzene rings is 1. The van der Waals surface area contributed by atoms with Gasteiger partial charge in [-0.1, -0.05) is 17.7 Å². The molecule has 9 heteroatoms. The van der Waals surface area contributed by atoms with E-state index >= 15 is 0 Å². The summed E-state index contributed by atoms with van der Waals surface area (Å²) in [5, 5.41) is 17.3. The van der Waals surface area contributed by atoms with Crippen LogP contribution in [0.25, 0.3) is 0 Å². The Bertz CT molecular complexity index is 1020. The third-order valence-electron chi connectivity index (χ3n) is 5.53. The number of nitrogens with two attached hydrogens (primary N) is 1. The molecular weight excluding hydrogens is 408 g/mol. The quantitative estimate of drug-likeness (QED) is 0.733. The van der Waals surface area contributed by atoms with Crippen molar-refractivity contribution in [2.75, 3.05) is 18.4 Å². The average Bonchev–Trinajstić information content (AvgIpc) is 3.14. The van der Waals surface area contributed by atoms with E-state index in [1.54, 1.807) is 15.8 Å². The number of nitrogens with one attached hydrogen (secondary N) is 1. The number of aromatic nitrogens is 2. The van der Waals surface area contributed by atoms with E-state index in [1.165, 1.54) is 0 Å². The number of hydrogen-bond acceptors (Lipinski definition) is 6. The van der Waals surface area contributed by atoms with E-state index in [2.05, 4.69) is 16.5 Å². The molecule has 3 rings (SSSR count). The Morgan fingerprint density at radius 2 is 1.88 bits per heavy atom. The first-order valence-electron chi connectivity index (χ1n) is 10.6. The van der Waals surface area contributed by atoms with Crippen LogP contribution in [0.2, 0.25) is 0 Å². The lowest BCUT2D eigenvalue weighted by molar-refractivity contribution is 0.0105. The topological polar surface area (TPSA) is 126 Å². The summed E-state index contributed by atoms with van der Waals surface area (Å²) < 4.78 is 7.13. The van der Waals surface area contributed by atoms with E-state index < -0.39 is 17.0 Å². The minimum absolute atomic E-state index is 0.193. The molecule has 0 saturated carbocycles. The zero-order valence-electron chi connectivity index (χ0n) is 19.0. The van der Waals surface area contributed by atoms with E-state index in [9.17, 15) is 14.9 Å². The highest BCUT2D eigenvalue weighted by atomic mass is 16.6. The molecule has 1 fully saturated rings. The van der Waals surface area contributed by atoms with Gasteiger partial charge in [0.2, 0.25) is 0 Å². The number of likely N-dealkylation sites (tertiary alicyclic amines) is 1. The van der Waals surface area contributed by atoms with Gasteiger partial charge in [0.15, 0.2) is 5.82 Å². The molecular formula is C23H30N6O3. The highest BCUT2D eigenvalue weighted by Crippen LogP contribution is 2.35. The minimum atomic E-state index is -0.648.